The zero-order valence-corrected chi connectivity index (χ0v) is 39.7. The molecule has 0 aliphatic heterocycles. The molecule has 0 saturated heterocycles. The fraction of sp³-hybridized carbons (Fsp3) is 0.942. The summed E-state index contributed by atoms with van der Waals surface area (Å²) in [7, 11) is 0. The summed E-state index contributed by atoms with van der Waals surface area (Å²) in [6, 6.07) is 0. The van der Waals surface area contributed by atoms with E-state index in [9.17, 15) is 14.4 Å². The van der Waals surface area contributed by atoms with E-state index in [0.29, 0.717) is 19.3 Å². The molecule has 344 valence electrons. The summed E-state index contributed by atoms with van der Waals surface area (Å²) in [6.07, 6.45) is 45.4. The first-order valence-electron chi connectivity index (χ1n) is 25.7. The van der Waals surface area contributed by atoms with Gasteiger partial charge in [-0.15, -0.1) is 0 Å². The van der Waals surface area contributed by atoms with Crippen LogP contribution in [0.1, 0.15) is 285 Å². The van der Waals surface area contributed by atoms with Gasteiger partial charge in [0.25, 0.3) is 0 Å². The Bertz CT molecular complexity index is 885. The zero-order valence-electron chi connectivity index (χ0n) is 39.7. The van der Waals surface area contributed by atoms with E-state index in [1.807, 2.05) is 0 Å². The Morgan fingerprint density at radius 2 is 0.569 bits per heavy atom. The molecule has 0 amide bonds. The molecule has 0 N–H and O–H groups in total. The van der Waals surface area contributed by atoms with Crippen molar-refractivity contribution in [1.82, 2.24) is 0 Å². The van der Waals surface area contributed by atoms with Crippen molar-refractivity contribution in [3.05, 3.63) is 0 Å². The minimum atomic E-state index is -0.760. The molecule has 0 aromatic carbocycles. The second-order valence-electron chi connectivity index (χ2n) is 18.8. The van der Waals surface area contributed by atoms with E-state index in [1.165, 1.54) is 173 Å². The van der Waals surface area contributed by atoms with Crippen LogP contribution in [0.15, 0.2) is 0 Å². The number of ether oxygens (including phenoxy) is 3. The fourth-order valence-electron chi connectivity index (χ4n) is 7.81. The SMILES string of the molecule is CCCCCCCCCC(=O)O[C@@H](COC(=O)CCCCCCCCCCCCCCCCCCCCC(C)C)COC(=O)CCCCCCCCCCCC(C)C. The second-order valence-corrected chi connectivity index (χ2v) is 18.8. The highest BCUT2D eigenvalue weighted by molar-refractivity contribution is 5.71. The van der Waals surface area contributed by atoms with Crippen LogP contribution in [0.3, 0.4) is 0 Å². The Kier molecular flexibility index (Phi) is 43.7. The van der Waals surface area contributed by atoms with Crippen LogP contribution in [-0.2, 0) is 28.6 Å². The highest BCUT2D eigenvalue weighted by Gasteiger charge is 2.19. The minimum absolute atomic E-state index is 0.0645. The summed E-state index contributed by atoms with van der Waals surface area (Å²) in [6.45, 7) is 11.3. The van der Waals surface area contributed by atoms with Gasteiger partial charge in [0.15, 0.2) is 6.10 Å². The predicted octanol–water partition coefficient (Wildman–Crippen LogP) is 16.5. The second kappa shape index (κ2) is 44.9. The molecule has 0 radical (unpaired) electrons. The third-order valence-electron chi connectivity index (χ3n) is 11.7. The van der Waals surface area contributed by atoms with Crippen molar-refractivity contribution in [2.75, 3.05) is 13.2 Å². The van der Waals surface area contributed by atoms with Crippen molar-refractivity contribution in [3.8, 4) is 0 Å². The van der Waals surface area contributed by atoms with Gasteiger partial charge in [-0.3, -0.25) is 14.4 Å². The van der Waals surface area contributed by atoms with E-state index in [2.05, 4.69) is 34.6 Å². The summed E-state index contributed by atoms with van der Waals surface area (Å²) >= 11 is 0. The third kappa shape index (κ3) is 45.5. The molecule has 0 spiro atoms. The normalized spacial score (nSPS) is 12.1. The number of esters is 3. The van der Waals surface area contributed by atoms with Gasteiger partial charge >= 0.3 is 17.9 Å². The largest absolute Gasteiger partial charge is 0.462 e. The van der Waals surface area contributed by atoms with Gasteiger partial charge in [-0.2, -0.15) is 0 Å². The van der Waals surface area contributed by atoms with Crippen molar-refractivity contribution in [2.24, 2.45) is 11.8 Å². The average molecular weight is 821 g/mol. The Morgan fingerprint density at radius 3 is 0.845 bits per heavy atom. The molecule has 0 aliphatic rings. The molecule has 0 aliphatic carbocycles. The fourth-order valence-corrected chi connectivity index (χ4v) is 7.81. The quantitative estimate of drug-likeness (QED) is 0.0346. The summed E-state index contributed by atoms with van der Waals surface area (Å²) < 4.78 is 16.7. The van der Waals surface area contributed by atoms with Crippen molar-refractivity contribution in [3.63, 3.8) is 0 Å². The number of carbonyl (C=O) groups is 3. The Labute approximate surface area is 361 Å². The lowest BCUT2D eigenvalue weighted by Gasteiger charge is -2.18. The first kappa shape index (κ1) is 56.4. The van der Waals surface area contributed by atoms with Crippen LogP contribution in [0.5, 0.6) is 0 Å². The van der Waals surface area contributed by atoms with Crippen LogP contribution in [0.2, 0.25) is 0 Å². The van der Waals surface area contributed by atoms with Gasteiger partial charge in [0.2, 0.25) is 0 Å². The van der Waals surface area contributed by atoms with Gasteiger partial charge < -0.3 is 14.2 Å². The molecule has 58 heavy (non-hydrogen) atoms. The van der Waals surface area contributed by atoms with E-state index in [-0.39, 0.29) is 31.1 Å². The number of hydrogen-bond donors (Lipinski definition) is 0. The van der Waals surface area contributed by atoms with E-state index < -0.39 is 6.10 Å². The molecule has 0 unspecified atom stereocenters. The third-order valence-corrected chi connectivity index (χ3v) is 11.7. The van der Waals surface area contributed by atoms with Crippen LogP contribution in [0.25, 0.3) is 0 Å². The molecule has 0 heterocycles. The molecule has 6 heteroatoms. The summed E-state index contributed by atoms with van der Waals surface area (Å²) in [5, 5.41) is 0. The van der Waals surface area contributed by atoms with Crippen LogP contribution in [0.4, 0.5) is 0 Å². The van der Waals surface area contributed by atoms with Gasteiger partial charge in [0.05, 0.1) is 0 Å². The molecule has 6 nitrogen and oxygen atoms in total. The molecule has 0 bridgehead atoms. The molecule has 1 atom stereocenters. The maximum Gasteiger partial charge on any atom is 0.306 e. The maximum absolute atomic E-state index is 12.6. The number of carbonyl (C=O) groups excluding carboxylic acids is 3. The molecule has 0 saturated carbocycles. The van der Waals surface area contributed by atoms with Gasteiger partial charge in [-0.05, 0) is 31.1 Å². The van der Waals surface area contributed by atoms with Crippen molar-refractivity contribution >= 4 is 17.9 Å². The number of rotatable bonds is 46. The first-order chi connectivity index (χ1) is 28.2. The van der Waals surface area contributed by atoms with Crippen LogP contribution < -0.4 is 0 Å². The standard InChI is InChI=1S/C52H100O6/c1-6-7-8-9-25-34-39-44-52(55)58-49(46-57-51(54)43-38-33-29-24-20-22-27-31-36-41-48(4)5)45-56-50(53)42-37-32-28-23-19-17-15-13-11-10-12-14-16-18-21-26-30-35-40-47(2)3/h47-49H,6-46H2,1-5H3/t49-/m0/s1. The van der Waals surface area contributed by atoms with Crippen molar-refractivity contribution in [1.29, 1.82) is 0 Å². The maximum atomic E-state index is 12.6. The van der Waals surface area contributed by atoms with Gasteiger partial charge in [-0.1, -0.05) is 247 Å². The average Bonchev–Trinajstić information content (AvgIpc) is 3.19. The highest BCUT2D eigenvalue weighted by atomic mass is 16.6. The first-order valence-corrected chi connectivity index (χ1v) is 25.7. The highest BCUT2D eigenvalue weighted by Crippen LogP contribution is 2.17. The summed E-state index contributed by atoms with van der Waals surface area (Å²) in [5.41, 5.74) is 0. The molecule has 0 rings (SSSR count). The van der Waals surface area contributed by atoms with E-state index in [4.69, 9.17) is 14.2 Å². The smallest absolute Gasteiger partial charge is 0.306 e. The van der Waals surface area contributed by atoms with E-state index >= 15 is 0 Å². The lowest BCUT2D eigenvalue weighted by molar-refractivity contribution is -0.167. The molecule has 0 fully saturated rings. The Hall–Kier alpha value is -1.59. The van der Waals surface area contributed by atoms with Crippen LogP contribution >= 0.6 is 0 Å². The van der Waals surface area contributed by atoms with Crippen LogP contribution in [-0.4, -0.2) is 37.2 Å². The van der Waals surface area contributed by atoms with E-state index in [1.54, 1.807) is 0 Å². The molecular formula is C52H100O6. The lowest BCUT2D eigenvalue weighted by Crippen LogP contribution is -2.30. The minimum Gasteiger partial charge on any atom is -0.462 e. The molecular weight excluding hydrogens is 721 g/mol. The van der Waals surface area contributed by atoms with Crippen molar-refractivity contribution in [2.45, 2.75) is 291 Å². The lowest BCUT2D eigenvalue weighted by atomic mass is 10.0. The van der Waals surface area contributed by atoms with Crippen LogP contribution in [0, 0.1) is 11.8 Å². The van der Waals surface area contributed by atoms with Crippen molar-refractivity contribution < 1.29 is 28.6 Å². The van der Waals surface area contributed by atoms with E-state index in [0.717, 1.165) is 69.6 Å². The molecule has 0 aromatic rings. The monoisotopic (exact) mass is 821 g/mol. The van der Waals surface area contributed by atoms with Gasteiger partial charge in [-0.25, -0.2) is 0 Å². The number of unbranched alkanes of at least 4 members (excludes halogenated alkanes) is 31. The summed E-state index contributed by atoms with van der Waals surface area (Å²) in [4.78, 5) is 37.7. The van der Waals surface area contributed by atoms with Gasteiger partial charge in [0, 0.05) is 19.3 Å². The van der Waals surface area contributed by atoms with Gasteiger partial charge in [0.1, 0.15) is 13.2 Å². The molecule has 0 aromatic heterocycles. The summed E-state index contributed by atoms with van der Waals surface area (Å²) in [5.74, 6) is 0.811. The number of hydrogen-bond acceptors (Lipinski definition) is 6. The zero-order chi connectivity index (χ0) is 42.6. The topological polar surface area (TPSA) is 78.9 Å². The predicted molar refractivity (Wildman–Crippen MR) is 247 cm³/mol. The Morgan fingerprint density at radius 1 is 0.328 bits per heavy atom. The Balaban J connectivity index is 4.10.